The van der Waals surface area contributed by atoms with Gasteiger partial charge in [-0.15, -0.1) is 34.2 Å². The van der Waals surface area contributed by atoms with Crippen LogP contribution in [0.15, 0.2) is 4.99 Å². The molecule has 1 aliphatic carbocycles. The summed E-state index contributed by atoms with van der Waals surface area (Å²) in [6.45, 7) is 9.09. The zero-order valence-corrected chi connectivity index (χ0v) is 22.7. The van der Waals surface area contributed by atoms with Gasteiger partial charge in [0.2, 0.25) is 0 Å². The maximum Gasteiger partial charge on any atom is 0.191 e. The van der Waals surface area contributed by atoms with Gasteiger partial charge in [-0.3, -0.25) is 4.90 Å². The molecule has 1 spiro atoms. The van der Waals surface area contributed by atoms with Crippen molar-refractivity contribution < 1.29 is 9.47 Å². The standard InChI is InChI=1S/C23H41N7O2.HI/c1-19-27-28-21(29(19)2)18-25-22(24-10-6-11-30-12-15-31-16-13-30)26-20-7-14-32-23(17-20)8-4-3-5-9-23;/h20H,3-18H2,1-2H3,(H2,24,25,26);1H. The Hall–Kier alpha value is -0.980. The van der Waals surface area contributed by atoms with Crippen LogP contribution in [-0.4, -0.2) is 83.3 Å². The summed E-state index contributed by atoms with van der Waals surface area (Å²) >= 11 is 0. The SMILES string of the molecule is Cc1nnc(CN=C(NCCCN2CCOCC2)NC2CCOC3(CCCCC3)C2)n1C.I. The summed E-state index contributed by atoms with van der Waals surface area (Å²) < 4.78 is 13.8. The Bertz CT molecular complexity index is 740. The first-order valence-electron chi connectivity index (χ1n) is 12.5. The van der Waals surface area contributed by atoms with Gasteiger partial charge in [-0.1, -0.05) is 19.3 Å². The molecule has 188 valence electrons. The van der Waals surface area contributed by atoms with E-state index in [9.17, 15) is 0 Å². The van der Waals surface area contributed by atoms with E-state index < -0.39 is 0 Å². The number of aryl methyl sites for hydroxylation is 1. The van der Waals surface area contributed by atoms with Crippen LogP contribution >= 0.6 is 24.0 Å². The number of rotatable bonds is 7. The fourth-order valence-electron chi connectivity index (χ4n) is 5.11. The van der Waals surface area contributed by atoms with Crippen molar-refractivity contribution >= 4 is 29.9 Å². The van der Waals surface area contributed by atoms with Gasteiger partial charge in [0, 0.05) is 39.3 Å². The first kappa shape index (κ1) is 26.6. The Morgan fingerprint density at radius 3 is 2.67 bits per heavy atom. The third-order valence-corrected chi connectivity index (χ3v) is 7.21. The molecule has 1 aromatic rings. The minimum atomic E-state index is 0. The molecule has 1 saturated carbocycles. The number of nitrogens with one attached hydrogen (secondary N) is 2. The number of hydrogen-bond acceptors (Lipinski definition) is 6. The number of nitrogens with zero attached hydrogens (tertiary/aromatic N) is 5. The van der Waals surface area contributed by atoms with Gasteiger partial charge in [-0.25, -0.2) is 4.99 Å². The average Bonchev–Trinajstić information content (AvgIpc) is 3.13. The number of ether oxygens (including phenoxy) is 2. The molecule has 2 aliphatic heterocycles. The largest absolute Gasteiger partial charge is 0.379 e. The molecule has 3 fully saturated rings. The Kier molecular flexibility index (Phi) is 10.6. The second-order valence-electron chi connectivity index (χ2n) is 9.55. The van der Waals surface area contributed by atoms with Crippen LogP contribution in [0, 0.1) is 6.92 Å². The molecule has 4 rings (SSSR count). The van der Waals surface area contributed by atoms with Gasteiger partial charge < -0.3 is 24.7 Å². The molecule has 1 unspecified atom stereocenters. The smallest absolute Gasteiger partial charge is 0.191 e. The third kappa shape index (κ3) is 7.76. The van der Waals surface area contributed by atoms with Crippen molar-refractivity contribution in [3.8, 4) is 0 Å². The van der Waals surface area contributed by atoms with Crippen LogP contribution in [0.3, 0.4) is 0 Å². The average molecular weight is 576 g/mol. The predicted octanol–water partition coefficient (Wildman–Crippen LogP) is 2.38. The number of morpholine rings is 1. The molecular weight excluding hydrogens is 533 g/mol. The molecule has 0 amide bonds. The monoisotopic (exact) mass is 575 g/mol. The maximum absolute atomic E-state index is 6.29. The molecule has 9 nitrogen and oxygen atoms in total. The summed E-state index contributed by atoms with van der Waals surface area (Å²) in [4.78, 5) is 7.35. The summed E-state index contributed by atoms with van der Waals surface area (Å²) in [7, 11) is 1.99. The molecule has 3 heterocycles. The van der Waals surface area contributed by atoms with Gasteiger partial charge in [0.15, 0.2) is 11.8 Å². The van der Waals surface area contributed by atoms with Crippen molar-refractivity contribution in [1.82, 2.24) is 30.3 Å². The van der Waals surface area contributed by atoms with Crippen LogP contribution in [0.25, 0.3) is 0 Å². The van der Waals surface area contributed by atoms with Crippen molar-refractivity contribution in [2.45, 2.75) is 76.5 Å². The molecule has 33 heavy (non-hydrogen) atoms. The van der Waals surface area contributed by atoms with E-state index in [0.29, 0.717) is 12.6 Å². The van der Waals surface area contributed by atoms with Crippen molar-refractivity contribution in [3.63, 3.8) is 0 Å². The molecule has 2 saturated heterocycles. The summed E-state index contributed by atoms with van der Waals surface area (Å²) in [6, 6.07) is 0.397. The maximum atomic E-state index is 6.29. The highest BCUT2D eigenvalue weighted by Crippen LogP contribution is 2.38. The van der Waals surface area contributed by atoms with Gasteiger partial charge in [0.05, 0.1) is 18.8 Å². The molecular formula is C23H42IN7O2. The first-order chi connectivity index (χ1) is 15.6. The normalized spacial score (nSPS) is 23.8. The zero-order valence-electron chi connectivity index (χ0n) is 20.4. The molecule has 10 heteroatoms. The lowest BCUT2D eigenvalue weighted by atomic mass is 9.78. The number of hydrogen-bond donors (Lipinski definition) is 2. The van der Waals surface area contributed by atoms with E-state index in [1.807, 2.05) is 18.5 Å². The van der Waals surface area contributed by atoms with Gasteiger partial charge in [0.1, 0.15) is 12.4 Å². The molecule has 3 aliphatic rings. The van der Waals surface area contributed by atoms with Crippen LogP contribution < -0.4 is 10.6 Å². The molecule has 0 bridgehead atoms. The molecule has 1 atom stereocenters. The Labute approximate surface area is 215 Å². The fourth-order valence-corrected chi connectivity index (χ4v) is 5.11. The summed E-state index contributed by atoms with van der Waals surface area (Å²) in [6.07, 6.45) is 9.51. The van der Waals surface area contributed by atoms with E-state index in [2.05, 4.69) is 25.7 Å². The quantitative estimate of drug-likeness (QED) is 0.224. The van der Waals surface area contributed by atoms with Gasteiger partial charge in [-0.05, 0) is 45.6 Å². The predicted molar refractivity (Wildman–Crippen MR) is 140 cm³/mol. The highest BCUT2D eigenvalue weighted by molar-refractivity contribution is 14.0. The molecule has 0 radical (unpaired) electrons. The fraction of sp³-hybridized carbons (Fsp3) is 0.870. The van der Waals surface area contributed by atoms with Gasteiger partial charge in [-0.2, -0.15) is 0 Å². The summed E-state index contributed by atoms with van der Waals surface area (Å²) in [5.41, 5.74) is 0.0797. The van der Waals surface area contributed by atoms with Crippen molar-refractivity contribution in [3.05, 3.63) is 11.6 Å². The highest BCUT2D eigenvalue weighted by Gasteiger charge is 2.38. The van der Waals surface area contributed by atoms with E-state index in [4.69, 9.17) is 14.5 Å². The number of aliphatic imine (C=N–C) groups is 1. The lowest BCUT2D eigenvalue weighted by Crippen LogP contribution is -2.52. The molecule has 1 aromatic heterocycles. The summed E-state index contributed by atoms with van der Waals surface area (Å²) in [5, 5.41) is 15.7. The van der Waals surface area contributed by atoms with Crippen LogP contribution in [0.5, 0.6) is 0 Å². The van der Waals surface area contributed by atoms with Gasteiger partial charge >= 0.3 is 0 Å². The Balaban J connectivity index is 0.00000306. The second kappa shape index (κ2) is 13.2. The van der Waals surface area contributed by atoms with E-state index in [1.54, 1.807) is 0 Å². The van der Waals surface area contributed by atoms with E-state index >= 15 is 0 Å². The minimum absolute atomic E-state index is 0. The molecule has 2 N–H and O–H groups in total. The Morgan fingerprint density at radius 1 is 1.15 bits per heavy atom. The van der Waals surface area contributed by atoms with Crippen LogP contribution in [0.2, 0.25) is 0 Å². The van der Waals surface area contributed by atoms with Crippen LogP contribution in [0.1, 0.15) is 63.0 Å². The second-order valence-corrected chi connectivity index (χ2v) is 9.55. The molecule has 0 aromatic carbocycles. The summed E-state index contributed by atoms with van der Waals surface area (Å²) in [5.74, 6) is 2.67. The Morgan fingerprint density at radius 2 is 1.94 bits per heavy atom. The zero-order chi connectivity index (χ0) is 22.2. The number of halogens is 1. The lowest BCUT2D eigenvalue weighted by molar-refractivity contribution is -0.107. The van der Waals surface area contributed by atoms with E-state index in [-0.39, 0.29) is 29.6 Å². The third-order valence-electron chi connectivity index (χ3n) is 7.21. The van der Waals surface area contributed by atoms with Crippen LogP contribution in [0.4, 0.5) is 0 Å². The van der Waals surface area contributed by atoms with Gasteiger partial charge in [0.25, 0.3) is 0 Å². The number of aromatic nitrogens is 3. The van der Waals surface area contributed by atoms with Crippen molar-refractivity contribution in [2.75, 3.05) is 46.0 Å². The van der Waals surface area contributed by atoms with Crippen LogP contribution in [-0.2, 0) is 23.1 Å². The van der Waals surface area contributed by atoms with E-state index in [0.717, 1.165) is 82.9 Å². The van der Waals surface area contributed by atoms with Crippen molar-refractivity contribution in [2.24, 2.45) is 12.0 Å². The minimum Gasteiger partial charge on any atom is -0.379 e. The highest BCUT2D eigenvalue weighted by atomic mass is 127. The van der Waals surface area contributed by atoms with Crippen molar-refractivity contribution in [1.29, 1.82) is 0 Å². The lowest BCUT2D eigenvalue weighted by Gasteiger charge is -2.44. The van der Waals surface area contributed by atoms with E-state index in [1.165, 1.54) is 32.1 Å². The topological polar surface area (TPSA) is 88.8 Å². The first-order valence-corrected chi connectivity index (χ1v) is 12.5. The number of guanidine groups is 1.